The van der Waals surface area contributed by atoms with E-state index in [0.29, 0.717) is 17.0 Å². The van der Waals surface area contributed by atoms with Gasteiger partial charge in [-0.15, -0.1) is 0 Å². The smallest absolute Gasteiger partial charge is 0.262 e. The summed E-state index contributed by atoms with van der Waals surface area (Å²) in [6, 6.07) is 12.2. The quantitative estimate of drug-likeness (QED) is 0.889. The van der Waals surface area contributed by atoms with Crippen LogP contribution in [-0.2, 0) is 4.79 Å². The molecule has 0 spiro atoms. The van der Waals surface area contributed by atoms with Crippen molar-refractivity contribution in [2.75, 3.05) is 11.9 Å². The van der Waals surface area contributed by atoms with Gasteiger partial charge in [0, 0.05) is 11.3 Å². The van der Waals surface area contributed by atoms with Gasteiger partial charge in [-0.05, 0) is 55.3 Å². The summed E-state index contributed by atoms with van der Waals surface area (Å²) in [5, 5.41) is 2.70. The highest BCUT2D eigenvalue weighted by Gasteiger charge is 2.06. The summed E-state index contributed by atoms with van der Waals surface area (Å²) in [6.45, 7) is 3.81. The van der Waals surface area contributed by atoms with Crippen LogP contribution in [0.1, 0.15) is 21.5 Å². The molecule has 2 rings (SSSR count). The summed E-state index contributed by atoms with van der Waals surface area (Å²) in [6.07, 6.45) is 0. The van der Waals surface area contributed by atoms with Gasteiger partial charge in [0.25, 0.3) is 5.91 Å². The highest BCUT2D eigenvalue weighted by Crippen LogP contribution is 2.19. The van der Waals surface area contributed by atoms with Gasteiger partial charge in [0.2, 0.25) is 5.91 Å². The number of benzene rings is 2. The second-order valence-corrected chi connectivity index (χ2v) is 5.05. The van der Waals surface area contributed by atoms with Crippen LogP contribution in [0.4, 0.5) is 5.69 Å². The second kappa shape index (κ2) is 6.76. The van der Waals surface area contributed by atoms with Gasteiger partial charge in [-0.3, -0.25) is 9.59 Å². The Balaban J connectivity index is 1.92. The van der Waals surface area contributed by atoms with Gasteiger partial charge in [-0.25, -0.2) is 0 Å². The molecule has 2 aromatic rings. The molecule has 22 heavy (non-hydrogen) atoms. The Labute approximate surface area is 129 Å². The number of aryl methyl sites for hydroxylation is 2. The molecule has 0 saturated heterocycles. The lowest BCUT2D eigenvalue weighted by Gasteiger charge is -2.10. The molecule has 0 aliphatic rings. The van der Waals surface area contributed by atoms with Crippen molar-refractivity contribution >= 4 is 17.5 Å². The molecule has 114 valence electrons. The molecule has 0 aliphatic carbocycles. The number of ether oxygens (including phenoxy) is 1. The summed E-state index contributed by atoms with van der Waals surface area (Å²) in [5.74, 6) is -0.0805. The van der Waals surface area contributed by atoms with Gasteiger partial charge in [0.15, 0.2) is 6.61 Å². The maximum Gasteiger partial charge on any atom is 0.262 e. The van der Waals surface area contributed by atoms with E-state index in [9.17, 15) is 9.59 Å². The van der Waals surface area contributed by atoms with E-state index in [0.717, 1.165) is 11.1 Å². The molecule has 0 saturated carbocycles. The molecule has 0 unspecified atom stereocenters. The van der Waals surface area contributed by atoms with Crippen LogP contribution in [0, 0.1) is 13.8 Å². The van der Waals surface area contributed by atoms with E-state index in [4.69, 9.17) is 10.5 Å². The van der Waals surface area contributed by atoms with Crippen LogP contribution in [0.25, 0.3) is 0 Å². The monoisotopic (exact) mass is 298 g/mol. The number of rotatable bonds is 5. The highest BCUT2D eigenvalue weighted by atomic mass is 16.5. The Morgan fingerprint density at radius 1 is 1.09 bits per heavy atom. The van der Waals surface area contributed by atoms with E-state index in [2.05, 4.69) is 5.32 Å². The van der Waals surface area contributed by atoms with Gasteiger partial charge >= 0.3 is 0 Å². The van der Waals surface area contributed by atoms with Crippen molar-refractivity contribution in [2.45, 2.75) is 13.8 Å². The average Bonchev–Trinajstić information content (AvgIpc) is 2.49. The van der Waals surface area contributed by atoms with Gasteiger partial charge in [-0.1, -0.05) is 12.1 Å². The molecule has 0 bridgehead atoms. The third-order valence-corrected chi connectivity index (χ3v) is 3.16. The standard InChI is InChI=1S/C17H18N2O3/c1-11-3-4-12(2)15(9-11)22-10-16(20)19-14-7-5-13(6-8-14)17(18)21/h3-9H,10H2,1-2H3,(H2,18,21)(H,19,20). The van der Waals surface area contributed by atoms with E-state index in [1.54, 1.807) is 24.3 Å². The number of carbonyl (C=O) groups excluding carboxylic acids is 2. The van der Waals surface area contributed by atoms with Crippen LogP contribution in [-0.4, -0.2) is 18.4 Å². The first-order valence-electron chi connectivity index (χ1n) is 6.85. The number of anilines is 1. The number of nitrogens with one attached hydrogen (secondary N) is 1. The first kappa shape index (κ1) is 15.6. The fraction of sp³-hybridized carbons (Fsp3) is 0.176. The van der Waals surface area contributed by atoms with E-state index < -0.39 is 5.91 Å². The lowest BCUT2D eigenvalue weighted by molar-refractivity contribution is -0.118. The van der Waals surface area contributed by atoms with Crippen LogP contribution < -0.4 is 15.8 Å². The molecule has 2 amide bonds. The predicted octanol–water partition coefficient (Wildman–Crippen LogP) is 2.42. The van der Waals surface area contributed by atoms with Crippen molar-refractivity contribution in [2.24, 2.45) is 5.73 Å². The van der Waals surface area contributed by atoms with Crippen molar-refractivity contribution in [1.82, 2.24) is 0 Å². The third kappa shape index (κ3) is 4.09. The predicted molar refractivity (Wildman–Crippen MR) is 85.0 cm³/mol. The Bertz CT molecular complexity index is 694. The first-order valence-corrected chi connectivity index (χ1v) is 6.85. The molecule has 0 heterocycles. The van der Waals surface area contributed by atoms with Crippen LogP contribution >= 0.6 is 0 Å². The summed E-state index contributed by atoms with van der Waals surface area (Å²) < 4.78 is 5.53. The lowest BCUT2D eigenvalue weighted by Crippen LogP contribution is -2.20. The minimum atomic E-state index is -0.504. The number of hydrogen-bond donors (Lipinski definition) is 2. The van der Waals surface area contributed by atoms with E-state index >= 15 is 0 Å². The SMILES string of the molecule is Cc1ccc(C)c(OCC(=O)Nc2ccc(C(N)=O)cc2)c1. The molecule has 0 radical (unpaired) electrons. The summed E-state index contributed by atoms with van der Waals surface area (Å²) >= 11 is 0. The Kier molecular flexibility index (Phi) is 4.78. The fourth-order valence-corrected chi connectivity index (χ4v) is 1.92. The molecular weight excluding hydrogens is 280 g/mol. The summed E-state index contributed by atoms with van der Waals surface area (Å²) in [4.78, 5) is 22.8. The highest BCUT2D eigenvalue weighted by molar-refractivity contribution is 5.95. The molecule has 3 N–H and O–H groups in total. The largest absolute Gasteiger partial charge is 0.483 e. The zero-order valence-corrected chi connectivity index (χ0v) is 12.6. The average molecular weight is 298 g/mol. The maximum absolute atomic E-state index is 11.9. The fourth-order valence-electron chi connectivity index (χ4n) is 1.92. The van der Waals surface area contributed by atoms with Crippen molar-refractivity contribution in [3.05, 3.63) is 59.2 Å². The number of amides is 2. The van der Waals surface area contributed by atoms with Crippen molar-refractivity contribution in [3.8, 4) is 5.75 Å². The molecule has 2 aromatic carbocycles. The van der Waals surface area contributed by atoms with Crippen LogP contribution in [0.2, 0.25) is 0 Å². The summed E-state index contributed by atoms with van der Waals surface area (Å²) in [5.41, 5.74) is 8.18. The zero-order chi connectivity index (χ0) is 16.1. The minimum absolute atomic E-state index is 0.0815. The van der Waals surface area contributed by atoms with E-state index in [-0.39, 0.29) is 12.5 Å². The molecule has 5 heteroatoms. The Hall–Kier alpha value is -2.82. The van der Waals surface area contributed by atoms with Crippen LogP contribution in [0.3, 0.4) is 0 Å². The normalized spacial score (nSPS) is 10.1. The van der Waals surface area contributed by atoms with Gasteiger partial charge < -0.3 is 15.8 Å². The number of primary amides is 1. The van der Waals surface area contributed by atoms with E-state index in [1.807, 2.05) is 32.0 Å². The van der Waals surface area contributed by atoms with Crippen molar-refractivity contribution < 1.29 is 14.3 Å². The molecule has 0 fully saturated rings. The van der Waals surface area contributed by atoms with Gasteiger partial charge in [-0.2, -0.15) is 0 Å². The minimum Gasteiger partial charge on any atom is -0.483 e. The Morgan fingerprint density at radius 2 is 1.77 bits per heavy atom. The first-order chi connectivity index (χ1) is 10.5. The number of hydrogen-bond acceptors (Lipinski definition) is 3. The lowest BCUT2D eigenvalue weighted by atomic mass is 10.1. The molecule has 0 atom stereocenters. The number of carbonyl (C=O) groups is 2. The molecule has 5 nitrogen and oxygen atoms in total. The van der Waals surface area contributed by atoms with Gasteiger partial charge in [0.1, 0.15) is 5.75 Å². The van der Waals surface area contributed by atoms with E-state index in [1.165, 1.54) is 0 Å². The van der Waals surface area contributed by atoms with Crippen LogP contribution in [0.15, 0.2) is 42.5 Å². The molecule has 0 aromatic heterocycles. The second-order valence-electron chi connectivity index (χ2n) is 5.05. The molecule has 0 aliphatic heterocycles. The van der Waals surface area contributed by atoms with Gasteiger partial charge in [0.05, 0.1) is 0 Å². The molecular formula is C17H18N2O3. The zero-order valence-electron chi connectivity index (χ0n) is 12.6. The third-order valence-electron chi connectivity index (χ3n) is 3.16. The van der Waals surface area contributed by atoms with Crippen molar-refractivity contribution in [1.29, 1.82) is 0 Å². The number of nitrogens with two attached hydrogens (primary N) is 1. The van der Waals surface area contributed by atoms with Crippen molar-refractivity contribution in [3.63, 3.8) is 0 Å². The van der Waals surface area contributed by atoms with Crippen LogP contribution in [0.5, 0.6) is 5.75 Å². The topological polar surface area (TPSA) is 81.4 Å². The Morgan fingerprint density at radius 3 is 2.41 bits per heavy atom. The maximum atomic E-state index is 11.9. The summed E-state index contributed by atoms with van der Waals surface area (Å²) in [7, 11) is 0.